The van der Waals surface area contributed by atoms with Crippen LogP contribution >= 0.6 is 0 Å². The zero-order chi connectivity index (χ0) is 16.4. The van der Waals surface area contributed by atoms with Gasteiger partial charge in [0, 0.05) is 40.7 Å². The molecule has 2 heterocycles. The molecule has 0 radical (unpaired) electrons. The third kappa shape index (κ3) is 3.34. The molecular formula is C16H27N5O2. The van der Waals surface area contributed by atoms with E-state index in [1.165, 1.54) is 19.3 Å². The van der Waals surface area contributed by atoms with Gasteiger partial charge in [0.25, 0.3) is 5.95 Å². The number of carbonyl (C=O) groups excluding carboxylic acids is 1. The molecule has 7 nitrogen and oxygen atoms in total. The normalized spacial score (nSPS) is 21.6. The Kier molecular flexibility index (Phi) is 4.57. The average Bonchev–Trinajstić information content (AvgIpc) is 2.96. The maximum Gasteiger partial charge on any atom is 0.265 e. The van der Waals surface area contributed by atoms with Crippen LogP contribution in [0.3, 0.4) is 0 Å². The highest BCUT2D eigenvalue weighted by Crippen LogP contribution is 2.37. The first-order valence-corrected chi connectivity index (χ1v) is 8.51. The smallest absolute Gasteiger partial charge is 0.265 e. The Bertz CT molecular complexity index is 550. The van der Waals surface area contributed by atoms with Gasteiger partial charge in [0.2, 0.25) is 11.8 Å². The number of hydrogen-bond donors (Lipinski definition) is 0. The number of rotatable bonds is 3. The predicted octanol–water partition coefficient (Wildman–Crippen LogP) is 1.50. The lowest BCUT2D eigenvalue weighted by Gasteiger charge is -2.52. The van der Waals surface area contributed by atoms with E-state index in [0.717, 1.165) is 32.5 Å². The number of anilines is 1. The molecule has 1 spiro atoms. The molecule has 2 fully saturated rings. The van der Waals surface area contributed by atoms with Gasteiger partial charge in [-0.3, -0.25) is 9.69 Å². The van der Waals surface area contributed by atoms with Gasteiger partial charge >= 0.3 is 0 Å². The van der Waals surface area contributed by atoms with E-state index in [2.05, 4.69) is 19.9 Å². The number of piperazine rings is 1. The van der Waals surface area contributed by atoms with E-state index in [9.17, 15) is 4.79 Å². The molecule has 1 aromatic heterocycles. The molecule has 3 rings (SSSR count). The highest BCUT2D eigenvalue weighted by atomic mass is 16.5. The van der Waals surface area contributed by atoms with E-state index in [1.54, 1.807) is 6.92 Å². The Labute approximate surface area is 137 Å². The van der Waals surface area contributed by atoms with E-state index in [1.807, 2.05) is 19.0 Å². The van der Waals surface area contributed by atoms with Crippen LogP contribution in [-0.2, 0) is 11.3 Å². The topological polar surface area (TPSA) is 65.7 Å². The molecule has 1 aliphatic carbocycles. The van der Waals surface area contributed by atoms with Crippen molar-refractivity contribution in [2.24, 2.45) is 0 Å². The number of amides is 1. The maximum atomic E-state index is 12.1. The molecule has 1 aliphatic heterocycles. The molecular weight excluding hydrogens is 294 g/mol. The Morgan fingerprint density at radius 3 is 2.61 bits per heavy atom. The number of aromatic nitrogens is 2. The van der Waals surface area contributed by atoms with Crippen LogP contribution in [0.25, 0.3) is 0 Å². The van der Waals surface area contributed by atoms with Gasteiger partial charge in [0.05, 0.1) is 12.1 Å². The lowest BCUT2D eigenvalue weighted by Crippen LogP contribution is -2.63. The maximum absolute atomic E-state index is 12.1. The summed E-state index contributed by atoms with van der Waals surface area (Å²) in [5, 5.41) is 3.98. The van der Waals surface area contributed by atoms with Gasteiger partial charge in [-0.2, -0.15) is 4.98 Å². The molecule has 2 aliphatic rings. The average molecular weight is 321 g/mol. The second-order valence-electron chi connectivity index (χ2n) is 7.05. The monoisotopic (exact) mass is 321 g/mol. The zero-order valence-corrected chi connectivity index (χ0v) is 14.4. The van der Waals surface area contributed by atoms with E-state index in [4.69, 9.17) is 4.52 Å². The first-order chi connectivity index (χ1) is 11.0. The summed E-state index contributed by atoms with van der Waals surface area (Å²) >= 11 is 0. The molecule has 1 amide bonds. The number of carbonyl (C=O) groups is 1. The van der Waals surface area contributed by atoms with Crippen molar-refractivity contribution in [1.29, 1.82) is 0 Å². The summed E-state index contributed by atoms with van der Waals surface area (Å²) in [4.78, 5) is 22.8. The Morgan fingerprint density at radius 1 is 1.26 bits per heavy atom. The lowest BCUT2D eigenvalue weighted by molar-refractivity contribution is -0.142. The van der Waals surface area contributed by atoms with Crippen LogP contribution in [0.15, 0.2) is 4.52 Å². The summed E-state index contributed by atoms with van der Waals surface area (Å²) in [6, 6.07) is 0. The van der Waals surface area contributed by atoms with Crippen molar-refractivity contribution in [3.63, 3.8) is 0 Å². The minimum Gasteiger partial charge on any atom is -0.344 e. The van der Waals surface area contributed by atoms with Gasteiger partial charge in [-0.15, -0.1) is 0 Å². The van der Waals surface area contributed by atoms with Crippen molar-refractivity contribution in [2.75, 3.05) is 38.6 Å². The van der Waals surface area contributed by atoms with Gasteiger partial charge in [-0.05, 0) is 18.0 Å². The molecule has 0 N–H and O–H groups in total. The van der Waals surface area contributed by atoms with Crippen molar-refractivity contribution in [2.45, 2.75) is 51.1 Å². The number of hydrogen-bond acceptors (Lipinski definition) is 6. The third-order valence-corrected chi connectivity index (χ3v) is 5.11. The third-order valence-electron chi connectivity index (χ3n) is 5.11. The first kappa shape index (κ1) is 16.2. The number of nitrogens with zero attached hydrogens (tertiary/aromatic N) is 5. The predicted molar refractivity (Wildman–Crippen MR) is 87.1 cm³/mol. The Morgan fingerprint density at radius 2 is 2.00 bits per heavy atom. The summed E-state index contributed by atoms with van der Waals surface area (Å²) in [7, 11) is 3.80. The largest absolute Gasteiger partial charge is 0.344 e. The molecule has 1 saturated carbocycles. The SMILES string of the molecule is CC(=O)N1CCN(Cc2nc(N(C)C)no2)CC12CCCCC2. The standard InChI is InChI=1S/C16H27N5O2/c1-13(22)21-10-9-20(12-16(21)7-5-4-6-8-16)11-14-17-15(18-23-14)19(2)3/h4-12H2,1-3H3. The van der Waals surface area contributed by atoms with Crippen molar-refractivity contribution >= 4 is 11.9 Å². The zero-order valence-electron chi connectivity index (χ0n) is 14.4. The van der Waals surface area contributed by atoms with Crippen LogP contribution in [0, 0.1) is 0 Å². The van der Waals surface area contributed by atoms with Crippen molar-refractivity contribution in [3.8, 4) is 0 Å². The van der Waals surface area contributed by atoms with Crippen LogP contribution in [0.4, 0.5) is 5.95 Å². The van der Waals surface area contributed by atoms with E-state index in [0.29, 0.717) is 18.4 Å². The molecule has 1 aromatic rings. The molecule has 7 heteroatoms. The second kappa shape index (κ2) is 6.47. The van der Waals surface area contributed by atoms with Crippen molar-refractivity contribution in [3.05, 3.63) is 5.89 Å². The van der Waals surface area contributed by atoms with Crippen molar-refractivity contribution < 1.29 is 9.32 Å². The molecule has 0 bridgehead atoms. The quantitative estimate of drug-likeness (QED) is 0.840. The summed E-state index contributed by atoms with van der Waals surface area (Å²) in [5.41, 5.74) is 0.00668. The van der Waals surface area contributed by atoms with E-state index < -0.39 is 0 Å². The van der Waals surface area contributed by atoms with Gasteiger partial charge < -0.3 is 14.3 Å². The second-order valence-corrected chi connectivity index (χ2v) is 7.05. The summed E-state index contributed by atoms with van der Waals surface area (Å²) in [5.74, 6) is 1.46. The highest BCUT2D eigenvalue weighted by molar-refractivity contribution is 5.74. The minimum atomic E-state index is 0.00668. The fraction of sp³-hybridized carbons (Fsp3) is 0.812. The van der Waals surface area contributed by atoms with Gasteiger partial charge in [-0.25, -0.2) is 0 Å². The molecule has 0 atom stereocenters. The van der Waals surface area contributed by atoms with Gasteiger partial charge in [0.15, 0.2) is 0 Å². The minimum absolute atomic E-state index is 0.00668. The summed E-state index contributed by atoms with van der Waals surface area (Å²) in [6.07, 6.45) is 5.92. The molecule has 1 saturated heterocycles. The first-order valence-electron chi connectivity index (χ1n) is 8.51. The van der Waals surface area contributed by atoms with Gasteiger partial charge in [0.1, 0.15) is 0 Å². The van der Waals surface area contributed by atoms with E-state index >= 15 is 0 Å². The molecule has 0 aromatic carbocycles. The van der Waals surface area contributed by atoms with E-state index in [-0.39, 0.29) is 11.4 Å². The Hall–Kier alpha value is -1.63. The van der Waals surface area contributed by atoms with Gasteiger partial charge in [-0.1, -0.05) is 19.3 Å². The lowest BCUT2D eigenvalue weighted by atomic mass is 9.78. The van der Waals surface area contributed by atoms with Crippen LogP contribution in [0.1, 0.15) is 44.9 Å². The van der Waals surface area contributed by atoms with Crippen LogP contribution < -0.4 is 4.90 Å². The fourth-order valence-corrected chi connectivity index (χ4v) is 4.01. The molecule has 128 valence electrons. The highest BCUT2D eigenvalue weighted by Gasteiger charge is 2.43. The molecule has 23 heavy (non-hydrogen) atoms. The van der Waals surface area contributed by atoms with Crippen LogP contribution in [0.2, 0.25) is 0 Å². The fourth-order valence-electron chi connectivity index (χ4n) is 4.01. The summed E-state index contributed by atoms with van der Waals surface area (Å²) in [6.45, 7) is 4.93. The van der Waals surface area contributed by atoms with Crippen molar-refractivity contribution in [1.82, 2.24) is 19.9 Å². The van der Waals surface area contributed by atoms with Crippen LogP contribution in [0.5, 0.6) is 0 Å². The Balaban J connectivity index is 1.71. The van der Waals surface area contributed by atoms with Crippen LogP contribution in [-0.4, -0.2) is 65.1 Å². The summed E-state index contributed by atoms with van der Waals surface area (Å²) < 4.78 is 5.35. The molecule has 0 unspecified atom stereocenters.